The van der Waals surface area contributed by atoms with E-state index in [0.29, 0.717) is 194 Å². The molecule has 0 aromatic rings. The SMILES string of the molecule is COCCCC(=O)NC(CCCCNC(=O)COC)C(=O)O.COCCCC(=O)NCCCCC(NC(=O)COC)C(=O)O.O=C(CCCO)NCCCCC(NC(=O)CCCO)C(=O)O.O=C(CO)NC(CCCCNCCCO)C(=O)O.O=C(CO)NCCCCC(NC(=O)CO)C(=O)O.O=C(CO)NCCCCC(NCCCO)C(=O)O. The van der Waals surface area contributed by atoms with Gasteiger partial charge in [0.2, 0.25) is 59.1 Å². The van der Waals surface area contributed by atoms with Crippen LogP contribution < -0.4 is 63.8 Å². The molecule has 46 heteroatoms. The van der Waals surface area contributed by atoms with Gasteiger partial charge >= 0.3 is 35.8 Å². The van der Waals surface area contributed by atoms with E-state index in [0.717, 1.165) is 19.5 Å². The maximum atomic E-state index is 11.6. The number of ether oxygens (including phenoxy) is 4. The molecule has 0 aromatic heterocycles. The number of carbonyl (C=O) groups excluding carboxylic acids is 10. The van der Waals surface area contributed by atoms with Crippen LogP contribution in [0.2, 0.25) is 0 Å². The van der Waals surface area contributed by atoms with Crippen molar-refractivity contribution in [3.05, 3.63) is 0 Å². The fraction of sp³-hybridized carbons (Fsp3) is 0.784. The number of aliphatic carboxylic acids is 6. The summed E-state index contributed by atoms with van der Waals surface area (Å²) < 4.78 is 19.0. The molecule has 10 amide bonds. The van der Waals surface area contributed by atoms with Gasteiger partial charge in [-0.1, -0.05) is 0 Å². The first-order valence-electron chi connectivity index (χ1n) is 39.7. The van der Waals surface area contributed by atoms with Crippen LogP contribution in [-0.2, 0) is 95.7 Å². The molecular weight excluding hydrogens is 1600 g/mol. The topological polar surface area (TPSA) is 738 Å². The number of unbranched alkanes of at least 4 members (excludes halogenated alkanes) is 6. The van der Waals surface area contributed by atoms with Crippen LogP contribution in [0.25, 0.3) is 0 Å². The maximum absolute atomic E-state index is 11.6. The molecule has 0 bridgehead atoms. The number of carboxylic acids is 6. The first-order valence-corrected chi connectivity index (χ1v) is 39.7. The number of carboxylic acid groups (broad SMARTS) is 6. The molecule has 6 unspecified atom stereocenters. The molecule has 0 spiro atoms. The zero-order valence-corrected chi connectivity index (χ0v) is 69.8. The number of methoxy groups -OCH3 is 4. The van der Waals surface area contributed by atoms with Crippen molar-refractivity contribution in [2.45, 2.75) is 216 Å². The number of carbonyl (C=O) groups is 16. The second-order valence-corrected chi connectivity index (χ2v) is 26.1. The molecule has 46 nitrogen and oxygen atoms in total. The van der Waals surface area contributed by atoms with Gasteiger partial charge in [0, 0.05) is 126 Å². The zero-order valence-electron chi connectivity index (χ0n) is 69.8. The van der Waals surface area contributed by atoms with Gasteiger partial charge in [-0.15, -0.1) is 0 Å². The van der Waals surface area contributed by atoms with E-state index in [1.54, 1.807) is 14.2 Å². The lowest BCUT2D eigenvalue weighted by Gasteiger charge is -2.14. The smallest absolute Gasteiger partial charge is 0.326 e. The van der Waals surface area contributed by atoms with Gasteiger partial charge in [0.1, 0.15) is 75.9 Å². The number of nitrogens with one attached hydrogen (secondary N) is 12. The van der Waals surface area contributed by atoms with E-state index in [-0.39, 0.29) is 95.4 Å². The van der Waals surface area contributed by atoms with Gasteiger partial charge in [-0.3, -0.25) is 52.7 Å². The van der Waals surface area contributed by atoms with E-state index >= 15 is 0 Å². The molecule has 0 radical (unpaired) electrons. The first kappa shape index (κ1) is 122. The maximum Gasteiger partial charge on any atom is 0.326 e. The Labute approximate surface area is 699 Å². The van der Waals surface area contributed by atoms with Crippen LogP contribution in [0.5, 0.6) is 0 Å². The molecule has 6 atom stereocenters. The molecular formula is C74H140N12O34. The third-order valence-electron chi connectivity index (χ3n) is 15.8. The number of hydrogen-bond acceptors (Lipinski definition) is 30. The highest BCUT2D eigenvalue weighted by Gasteiger charge is 2.24. The van der Waals surface area contributed by atoms with Crippen LogP contribution >= 0.6 is 0 Å². The van der Waals surface area contributed by atoms with E-state index in [4.69, 9.17) is 81.0 Å². The predicted molar refractivity (Wildman–Crippen MR) is 429 cm³/mol. The van der Waals surface area contributed by atoms with Gasteiger partial charge in [-0.05, 0) is 174 Å². The molecule has 0 aliphatic heterocycles. The Morgan fingerprint density at radius 1 is 0.233 bits per heavy atom. The van der Waals surface area contributed by atoms with Gasteiger partial charge in [-0.2, -0.15) is 0 Å². The lowest BCUT2D eigenvalue weighted by molar-refractivity contribution is -0.142. The van der Waals surface area contributed by atoms with Crippen LogP contribution in [-0.4, -0.2) is 363 Å². The summed E-state index contributed by atoms with van der Waals surface area (Å²) in [6.07, 6.45) is 13.6. The number of amides is 10. The lowest BCUT2D eigenvalue weighted by Crippen LogP contribution is -2.42. The van der Waals surface area contributed by atoms with E-state index in [2.05, 4.69) is 73.3 Å². The summed E-state index contributed by atoms with van der Waals surface area (Å²) in [4.78, 5) is 177. The van der Waals surface area contributed by atoms with Gasteiger partial charge in [0.05, 0.1) is 0 Å². The Morgan fingerprint density at radius 2 is 0.475 bits per heavy atom. The third kappa shape index (κ3) is 86.8. The Morgan fingerprint density at radius 3 is 0.775 bits per heavy atom. The van der Waals surface area contributed by atoms with Crippen molar-refractivity contribution in [1.82, 2.24) is 63.8 Å². The molecule has 0 aliphatic rings. The molecule has 120 heavy (non-hydrogen) atoms. The number of aliphatic hydroxyl groups excluding tert-OH is 8. The number of aliphatic hydroxyl groups is 8. The summed E-state index contributed by atoms with van der Waals surface area (Å²) >= 11 is 0. The van der Waals surface area contributed by atoms with Crippen molar-refractivity contribution in [3.63, 3.8) is 0 Å². The second kappa shape index (κ2) is 89.2. The quantitative estimate of drug-likeness (QED) is 0.0253. The summed E-state index contributed by atoms with van der Waals surface area (Å²) in [5.74, 6) is -10.2. The van der Waals surface area contributed by atoms with E-state index in [1.165, 1.54) is 14.2 Å². The van der Waals surface area contributed by atoms with Crippen molar-refractivity contribution >= 4 is 94.9 Å². The molecule has 0 saturated heterocycles. The fourth-order valence-electron chi connectivity index (χ4n) is 9.47. The fourth-order valence-corrected chi connectivity index (χ4v) is 9.47. The lowest BCUT2D eigenvalue weighted by atomic mass is 10.1. The highest BCUT2D eigenvalue weighted by Crippen LogP contribution is 2.08. The van der Waals surface area contributed by atoms with Crippen molar-refractivity contribution in [1.29, 1.82) is 0 Å². The Bertz CT molecular complexity index is 2750. The summed E-state index contributed by atoms with van der Waals surface area (Å²) in [6, 6.07) is -5.38. The Balaban J connectivity index is -0.000000326. The molecule has 0 aliphatic carbocycles. The average Bonchev–Trinajstić information content (AvgIpc) is 0.920. The van der Waals surface area contributed by atoms with Crippen LogP contribution in [0.4, 0.5) is 0 Å². The predicted octanol–water partition coefficient (Wildman–Crippen LogP) is -5.57. The van der Waals surface area contributed by atoms with Crippen LogP contribution in [0.15, 0.2) is 0 Å². The van der Waals surface area contributed by atoms with Crippen molar-refractivity contribution in [2.75, 3.05) is 160 Å². The average molecular weight is 1740 g/mol. The second-order valence-electron chi connectivity index (χ2n) is 26.1. The van der Waals surface area contributed by atoms with Gasteiger partial charge in [0.25, 0.3) is 0 Å². The van der Waals surface area contributed by atoms with Crippen molar-refractivity contribution < 1.29 is 167 Å². The highest BCUT2D eigenvalue weighted by atomic mass is 16.5. The normalized spacial score (nSPS) is 11.8. The summed E-state index contributed by atoms with van der Waals surface area (Å²) in [6.45, 7) is 2.46. The van der Waals surface area contributed by atoms with E-state index in [9.17, 15) is 76.7 Å². The number of rotatable bonds is 70. The molecule has 0 saturated carbocycles. The Hall–Kier alpha value is -9.04. The van der Waals surface area contributed by atoms with Crippen LogP contribution in [0.3, 0.4) is 0 Å². The molecule has 700 valence electrons. The monoisotopic (exact) mass is 1740 g/mol. The van der Waals surface area contributed by atoms with Crippen LogP contribution in [0.1, 0.15) is 180 Å². The van der Waals surface area contributed by atoms with Crippen LogP contribution in [0, 0.1) is 0 Å². The highest BCUT2D eigenvalue weighted by molar-refractivity contribution is 5.87. The Kier molecular flexibility index (Phi) is 90.6. The van der Waals surface area contributed by atoms with Gasteiger partial charge in [0.15, 0.2) is 0 Å². The minimum Gasteiger partial charge on any atom is -0.480 e. The number of hydrogen-bond donors (Lipinski definition) is 26. The minimum atomic E-state index is -1.17. The summed E-state index contributed by atoms with van der Waals surface area (Å²) in [5, 5.41) is 153. The van der Waals surface area contributed by atoms with E-state index < -0.39 is 134 Å². The summed E-state index contributed by atoms with van der Waals surface area (Å²) in [7, 11) is 5.93. The molecule has 0 aromatic carbocycles. The standard InChI is InChI=1S/3C14H26N2O6.2C11H22N2O5.C10H18N2O6/c1-21-9-5-7-12(17)16-11(14(19)20)6-3-4-8-15-13(18)10-22-2;1-21-9-5-7-12(17)15-8-4-3-6-11(14(19)20)16-13(18)10-22-2;17-9-3-6-12(19)15-8-2-1-5-11(14(21)22)16-13(20)7-4-10-18;14-7-3-6-12-9(11(17)18)4-1-2-5-13-10(16)8-15;14-7-3-6-12-5-2-1-4-9(11(17)18)13-10(16)8-15;13-5-8(15)11-4-2-1-3-7(10(17)18)12-9(16)6-14/h11H,3-10H2,1-2H3,(H,15,18)(H,16,17)(H,19,20);11H,3-10H2,1-2H3,(H,15,17)(H,16,18)(H,19,20);11,17-18H,1-10H2,(H,15,19)(H,16,20)(H,21,22);2*9,12,14-15H,1-8H2,(H,13,16)(H,17,18);7,13-14H,1-6H2,(H,11,15)(H,12,16)(H,17,18). The van der Waals surface area contributed by atoms with Gasteiger partial charge in [-0.25, -0.2) is 24.0 Å². The largest absolute Gasteiger partial charge is 0.480 e. The zero-order chi connectivity index (χ0) is 92.0. The van der Waals surface area contributed by atoms with E-state index in [1.807, 2.05) is 0 Å². The minimum absolute atomic E-state index is 0.00921. The molecule has 0 heterocycles. The summed E-state index contributed by atoms with van der Waals surface area (Å²) in [5.41, 5.74) is 0. The first-order chi connectivity index (χ1) is 57.3. The molecule has 0 rings (SSSR count). The molecule has 26 N–H and O–H groups in total. The van der Waals surface area contributed by atoms with Crippen molar-refractivity contribution in [2.24, 2.45) is 0 Å². The molecule has 0 fully saturated rings. The van der Waals surface area contributed by atoms with Gasteiger partial charge < -0.3 is 154 Å². The van der Waals surface area contributed by atoms with Crippen molar-refractivity contribution in [3.8, 4) is 0 Å². The third-order valence-corrected chi connectivity index (χ3v) is 15.8.